The highest BCUT2D eigenvalue weighted by molar-refractivity contribution is 5.79. The first kappa shape index (κ1) is 14.5. The zero-order valence-corrected chi connectivity index (χ0v) is 11.6. The standard InChI is InChI=1S/C16H21N3O/c17-9-12-5-7-13(8-6-12)11-19-16(20)15-4-2-1-3-14(15)10-18/h5-8,14-15H,1-4,10-11,18H2,(H,19,20). The zero-order chi connectivity index (χ0) is 14.4. The molecule has 4 nitrogen and oxygen atoms in total. The van der Waals surface area contributed by atoms with Crippen LogP contribution in [0.15, 0.2) is 24.3 Å². The van der Waals surface area contributed by atoms with E-state index >= 15 is 0 Å². The van der Waals surface area contributed by atoms with Gasteiger partial charge in [0.25, 0.3) is 0 Å². The van der Waals surface area contributed by atoms with Crippen LogP contribution in [0.2, 0.25) is 0 Å². The number of carbonyl (C=O) groups excluding carboxylic acids is 1. The molecule has 1 amide bonds. The van der Waals surface area contributed by atoms with E-state index in [0.717, 1.165) is 24.8 Å². The van der Waals surface area contributed by atoms with Gasteiger partial charge in [-0.05, 0) is 43.0 Å². The fourth-order valence-electron chi connectivity index (χ4n) is 2.85. The van der Waals surface area contributed by atoms with Gasteiger partial charge in [-0.2, -0.15) is 5.26 Å². The van der Waals surface area contributed by atoms with Gasteiger partial charge in [-0.3, -0.25) is 4.79 Å². The van der Waals surface area contributed by atoms with Crippen LogP contribution in [0.4, 0.5) is 0 Å². The summed E-state index contributed by atoms with van der Waals surface area (Å²) < 4.78 is 0. The van der Waals surface area contributed by atoms with Crippen LogP contribution in [0.5, 0.6) is 0 Å². The summed E-state index contributed by atoms with van der Waals surface area (Å²) in [5, 5.41) is 11.7. The first-order valence-corrected chi connectivity index (χ1v) is 7.21. The van der Waals surface area contributed by atoms with Crippen molar-refractivity contribution in [1.29, 1.82) is 5.26 Å². The Bertz CT molecular complexity index is 489. The van der Waals surface area contributed by atoms with Gasteiger partial charge in [0.2, 0.25) is 5.91 Å². The highest BCUT2D eigenvalue weighted by Gasteiger charge is 2.29. The number of nitrogens with zero attached hydrogens (tertiary/aromatic N) is 1. The summed E-state index contributed by atoms with van der Waals surface area (Å²) in [7, 11) is 0. The molecule has 0 spiro atoms. The number of hydrogen-bond acceptors (Lipinski definition) is 3. The second kappa shape index (κ2) is 7.06. The smallest absolute Gasteiger partial charge is 0.223 e. The normalized spacial score (nSPS) is 22.0. The number of hydrogen-bond donors (Lipinski definition) is 2. The van der Waals surface area contributed by atoms with Gasteiger partial charge in [0, 0.05) is 12.5 Å². The van der Waals surface area contributed by atoms with Crippen LogP contribution < -0.4 is 11.1 Å². The van der Waals surface area contributed by atoms with Crippen LogP contribution in [0.25, 0.3) is 0 Å². The number of amides is 1. The fraction of sp³-hybridized carbons (Fsp3) is 0.500. The molecule has 0 aromatic heterocycles. The Morgan fingerprint density at radius 1 is 1.30 bits per heavy atom. The van der Waals surface area contributed by atoms with Crippen molar-refractivity contribution in [2.75, 3.05) is 6.54 Å². The van der Waals surface area contributed by atoms with Crippen molar-refractivity contribution >= 4 is 5.91 Å². The van der Waals surface area contributed by atoms with Crippen molar-refractivity contribution in [3.8, 4) is 6.07 Å². The van der Waals surface area contributed by atoms with Crippen LogP contribution in [0, 0.1) is 23.2 Å². The molecule has 2 unspecified atom stereocenters. The second-order valence-corrected chi connectivity index (χ2v) is 5.41. The molecule has 0 saturated heterocycles. The number of rotatable bonds is 4. The van der Waals surface area contributed by atoms with E-state index in [1.165, 1.54) is 6.42 Å². The molecule has 0 aliphatic heterocycles. The van der Waals surface area contributed by atoms with Crippen LogP contribution in [-0.4, -0.2) is 12.5 Å². The van der Waals surface area contributed by atoms with Crippen LogP contribution in [-0.2, 0) is 11.3 Å². The summed E-state index contributed by atoms with van der Waals surface area (Å²) in [6, 6.07) is 9.37. The molecule has 3 N–H and O–H groups in total. The van der Waals surface area contributed by atoms with Gasteiger partial charge in [0.05, 0.1) is 11.6 Å². The Kier molecular flexibility index (Phi) is 5.14. The molecular formula is C16H21N3O. The number of nitrogens with one attached hydrogen (secondary N) is 1. The maximum Gasteiger partial charge on any atom is 0.223 e. The molecule has 2 rings (SSSR count). The van der Waals surface area contributed by atoms with Gasteiger partial charge < -0.3 is 11.1 Å². The van der Waals surface area contributed by atoms with E-state index in [0.29, 0.717) is 24.6 Å². The topological polar surface area (TPSA) is 78.9 Å². The van der Waals surface area contributed by atoms with E-state index in [-0.39, 0.29) is 11.8 Å². The minimum atomic E-state index is 0.0622. The van der Waals surface area contributed by atoms with Gasteiger partial charge >= 0.3 is 0 Å². The average molecular weight is 271 g/mol. The van der Waals surface area contributed by atoms with E-state index < -0.39 is 0 Å². The fourth-order valence-corrected chi connectivity index (χ4v) is 2.85. The molecule has 1 aromatic rings. The van der Waals surface area contributed by atoms with Crippen molar-refractivity contribution in [3.05, 3.63) is 35.4 Å². The molecule has 0 bridgehead atoms. The highest BCUT2D eigenvalue weighted by atomic mass is 16.1. The highest BCUT2D eigenvalue weighted by Crippen LogP contribution is 2.29. The number of carbonyl (C=O) groups is 1. The molecule has 1 fully saturated rings. The molecule has 1 aromatic carbocycles. The van der Waals surface area contributed by atoms with E-state index in [1.54, 1.807) is 12.1 Å². The van der Waals surface area contributed by atoms with Gasteiger partial charge in [-0.25, -0.2) is 0 Å². The maximum atomic E-state index is 12.2. The first-order valence-electron chi connectivity index (χ1n) is 7.21. The van der Waals surface area contributed by atoms with E-state index in [9.17, 15) is 4.79 Å². The Morgan fingerprint density at radius 3 is 2.65 bits per heavy atom. The van der Waals surface area contributed by atoms with Gasteiger partial charge in [-0.1, -0.05) is 25.0 Å². The lowest BCUT2D eigenvalue weighted by Gasteiger charge is -2.29. The minimum absolute atomic E-state index is 0.0622. The lowest BCUT2D eigenvalue weighted by molar-refractivity contribution is -0.127. The summed E-state index contributed by atoms with van der Waals surface area (Å²) in [5.74, 6) is 0.501. The third kappa shape index (κ3) is 3.58. The Hall–Kier alpha value is -1.86. The predicted octanol–water partition coefficient (Wildman–Crippen LogP) is 1.94. The van der Waals surface area contributed by atoms with Gasteiger partial charge in [0.1, 0.15) is 0 Å². The van der Waals surface area contributed by atoms with Gasteiger partial charge in [0.15, 0.2) is 0 Å². The molecule has 0 radical (unpaired) electrons. The zero-order valence-electron chi connectivity index (χ0n) is 11.6. The summed E-state index contributed by atoms with van der Waals surface area (Å²) in [5.41, 5.74) is 7.41. The maximum absolute atomic E-state index is 12.2. The largest absolute Gasteiger partial charge is 0.352 e. The van der Waals surface area contributed by atoms with Crippen molar-refractivity contribution in [2.45, 2.75) is 32.2 Å². The number of benzene rings is 1. The van der Waals surface area contributed by atoms with Crippen molar-refractivity contribution < 1.29 is 4.79 Å². The molecule has 1 aliphatic rings. The average Bonchev–Trinajstić information content (AvgIpc) is 2.53. The lowest BCUT2D eigenvalue weighted by Crippen LogP contribution is -2.39. The summed E-state index contributed by atoms with van der Waals surface area (Å²) >= 11 is 0. The second-order valence-electron chi connectivity index (χ2n) is 5.41. The predicted molar refractivity (Wildman–Crippen MR) is 77.5 cm³/mol. The number of nitriles is 1. The van der Waals surface area contributed by atoms with E-state index in [4.69, 9.17) is 11.0 Å². The molecule has 20 heavy (non-hydrogen) atoms. The summed E-state index contributed by atoms with van der Waals surface area (Å²) in [6.45, 7) is 1.10. The third-order valence-electron chi connectivity index (χ3n) is 4.10. The molecule has 1 saturated carbocycles. The first-order chi connectivity index (χ1) is 9.74. The Morgan fingerprint density at radius 2 is 2.00 bits per heavy atom. The molecule has 106 valence electrons. The molecule has 1 aliphatic carbocycles. The van der Waals surface area contributed by atoms with E-state index in [1.807, 2.05) is 12.1 Å². The summed E-state index contributed by atoms with van der Waals surface area (Å²) in [4.78, 5) is 12.2. The molecule has 4 heteroatoms. The summed E-state index contributed by atoms with van der Waals surface area (Å²) in [6.07, 6.45) is 4.30. The Balaban J connectivity index is 1.89. The SMILES string of the molecule is N#Cc1ccc(CNC(=O)C2CCCCC2CN)cc1. The number of nitrogens with two attached hydrogens (primary N) is 1. The quantitative estimate of drug-likeness (QED) is 0.878. The van der Waals surface area contributed by atoms with Crippen LogP contribution in [0.1, 0.15) is 36.8 Å². The Labute approximate surface area is 120 Å². The van der Waals surface area contributed by atoms with Crippen molar-refractivity contribution in [2.24, 2.45) is 17.6 Å². The molecular weight excluding hydrogens is 250 g/mol. The lowest BCUT2D eigenvalue weighted by atomic mass is 9.79. The molecule has 0 heterocycles. The molecule has 2 atom stereocenters. The minimum Gasteiger partial charge on any atom is -0.352 e. The van der Waals surface area contributed by atoms with Crippen molar-refractivity contribution in [1.82, 2.24) is 5.32 Å². The van der Waals surface area contributed by atoms with Crippen LogP contribution in [0.3, 0.4) is 0 Å². The third-order valence-corrected chi connectivity index (χ3v) is 4.10. The van der Waals surface area contributed by atoms with Crippen LogP contribution >= 0.6 is 0 Å². The van der Waals surface area contributed by atoms with Gasteiger partial charge in [-0.15, -0.1) is 0 Å². The van der Waals surface area contributed by atoms with E-state index in [2.05, 4.69) is 11.4 Å². The monoisotopic (exact) mass is 271 g/mol. The van der Waals surface area contributed by atoms with Crippen molar-refractivity contribution in [3.63, 3.8) is 0 Å².